The molecule has 27 heavy (non-hydrogen) atoms. The average molecular weight is 391 g/mol. The van der Waals surface area contributed by atoms with Gasteiger partial charge in [0.15, 0.2) is 0 Å². The Morgan fingerprint density at radius 3 is 2.81 bits per heavy atom. The number of esters is 1. The highest BCUT2D eigenvalue weighted by atomic mass is 32.1. The molecule has 1 aliphatic heterocycles. The number of aryl methyl sites for hydroxylation is 1. The van der Waals surface area contributed by atoms with E-state index in [2.05, 4.69) is 20.2 Å². The molecular formula is C19H26N4O3S. The molecule has 7 nitrogen and oxygen atoms in total. The zero-order chi connectivity index (χ0) is 18.8. The van der Waals surface area contributed by atoms with E-state index < -0.39 is 0 Å². The maximum absolute atomic E-state index is 12.7. The Morgan fingerprint density at radius 2 is 2.00 bits per heavy atom. The molecule has 0 spiro atoms. The Balaban J connectivity index is 1.63. The van der Waals surface area contributed by atoms with Crippen molar-refractivity contribution >= 4 is 33.5 Å². The molecule has 146 valence electrons. The number of ether oxygens (including phenoxy) is 1. The number of hydrogen-bond acceptors (Lipinski definition) is 7. The van der Waals surface area contributed by atoms with Gasteiger partial charge in [-0.25, -0.2) is 9.78 Å². The summed E-state index contributed by atoms with van der Waals surface area (Å²) in [6, 6.07) is 0. The van der Waals surface area contributed by atoms with Gasteiger partial charge in [-0.1, -0.05) is 6.42 Å². The number of anilines is 1. The summed E-state index contributed by atoms with van der Waals surface area (Å²) in [4.78, 5) is 36.1. The van der Waals surface area contributed by atoms with E-state index in [9.17, 15) is 9.59 Å². The lowest BCUT2D eigenvalue weighted by atomic mass is 9.98. The predicted octanol–water partition coefficient (Wildman–Crippen LogP) is 2.58. The number of rotatable bonds is 3. The second-order valence-corrected chi connectivity index (χ2v) is 8.38. The lowest BCUT2D eigenvalue weighted by Crippen LogP contribution is -2.31. The molecule has 0 bridgehead atoms. The third-order valence-electron chi connectivity index (χ3n) is 5.44. The van der Waals surface area contributed by atoms with Crippen molar-refractivity contribution < 1.29 is 9.53 Å². The molecule has 8 heteroatoms. The van der Waals surface area contributed by atoms with Crippen LogP contribution in [0.4, 0.5) is 5.95 Å². The number of H-pyrrole nitrogens is 1. The summed E-state index contributed by atoms with van der Waals surface area (Å²) in [5.74, 6) is 0.270. The van der Waals surface area contributed by atoms with Gasteiger partial charge in [0.2, 0.25) is 5.95 Å². The van der Waals surface area contributed by atoms with E-state index in [0.29, 0.717) is 26.6 Å². The van der Waals surface area contributed by atoms with Crippen LogP contribution in [0.15, 0.2) is 4.79 Å². The largest absolute Gasteiger partial charge is 0.458 e. The first-order valence-corrected chi connectivity index (χ1v) is 10.6. The highest BCUT2D eigenvalue weighted by molar-refractivity contribution is 7.20. The first kappa shape index (κ1) is 18.4. The van der Waals surface area contributed by atoms with E-state index in [1.54, 1.807) is 0 Å². The number of nitrogens with zero attached hydrogens (tertiary/aromatic N) is 2. The highest BCUT2D eigenvalue weighted by Crippen LogP contribution is 2.30. The number of aromatic nitrogens is 2. The van der Waals surface area contributed by atoms with Crippen molar-refractivity contribution in [2.24, 2.45) is 0 Å². The summed E-state index contributed by atoms with van der Waals surface area (Å²) in [6.07, 6.45) is 6.30. The SMILES string of the molecule is Cc1c(C(=O)OC2CCCCC2)sc2nc(N3CCCNCC3)[nH]c(=O)c12. The Morgan fingerprint density at radius 1 is 1.19 bits per heavy atom. The minimum atomic E-state index is -0.317. The lowest BCUT2D eigenvalue weighted by molar-refractivity contribution is 0.0216. The van der Waals surface area contributed by atoms with Crippen LogP contribution in [0, 0.1) is 6.92 Å². The molecule has 2 aliphatic rings. The van der Waals surface area contributed by atoms with Crippen LogP contribution in [-0.4, -0.2) is 48.2 Å². The number of carbonyl (C=O) groups is 1. The number of nitrogens with one attached hydrogen (secondary N) is 2. The van der Waals surface area contributed by atoms with Crippen molar-refractivity contribution in [2.45, 2.75) is 51.6 Å². The van der Waals surface area contributed by atoms with Gasteiger partial charge in [0.05, 0.1) is 5.39 Å². The molecule has 1 aliphatic carbocycles. The van der Waals surface area contributed by atoms with Crippen LogP contribution in [0.2, 0.25) is 0 Å². The minimum Gasteiger partial charge on any atom is -0.458 e. The highest BCUT2D eigenvalue weighted by Gasteiger charge is 2.25. The van der Waals surface area contributed by atoms with E-state index in [4.69, 9.17) is 4.74 Å². The Bertz CT molecular complexity index is 877. The summed E-state index contributed by atoms with van der Waals surface area (Å²) < 4.78 is 5.70. The van der Waals surface area contributed by atoms with Crippen LogP contribution >= 0.6 is 11.3 Å². The molecular weight excluding hydrogens is 364 g/mol. The standard InChI is InChI=1S/C19H26N4O3S/c1-12-14-16(24)21-19(23-10-5-8-20-9-11-23)22-17(14)27-15(12)18(25)26-13-6-3-2-4-7-13/h13,20H,2-11H2,1H3,(H,21,22,24). The molecule has 0 unspecified atom stereocenters. The minimum absolute atomic E-state index is 0.00210. The first-order chi connectivity index (χ1) is 13.1. The molecule has 4 rings (SSSR count). The zero-order valence-electron chi connectivity index (χ0n) is 15.7. The summed E-state index contributed by atoms with van der Waals surface area (Å²) in [6.45, 7) is 5.29. The number of aromatic amines is 1. The monoisotopic (exact) mass is 390 g/mol. The second-order valence-electron chi connectivity index (χ2n) is 7.38. The molecule has 2 fully saturated rings. The summed E-state index contributed by atoms with van der Waals surface area (Å²) in [5, 5.41) is 3.85. The quantitative estimate of drug-likeness (QED) is 0.784. The third-order valence-corrected chi connectivity index (χ3v) is 6.60. The second kappa shape index (κ2) is 7.98. The van der Waals surface area contributed by atoms with Crippen molar-refractivity contribution in [1.82, 2.24) is 15.3 Å². The normalized spacial score (nSPS) is 19.2. The fourth-order valence-electron chi connectivity index (χ4n) is 3.92. The van der Waals surface area contributed by atoms with Gasteiger partial charge < -0.3 is 15.0 Å². The molecule has 2 aromatic rings. The van der Waals surface area contributed by atoms with Gasteiger partial charge in [-0.05, 0) is 51.1 Å². The lowest BCUT2D eigenvalue weighted by Gasteiger charge is -2.21. The molecule has 2 N–H and O–H groups in total. The van der Waals surface area contributed by atoms with E-state index in [0.717, 1.165) is 58.3 Å². The van der Waals surface area contributed by atoms with E-state index in [1.807, 2.05) is 6.92 Å². The van der Waals surface area contributed by atoms with Crippen molar-refractivity contribution in [3.8, 4) is 0 Å². The first-order valence-electron chi connectivity index (χ1n) is 9.83. The van der Waals surface area contributed by atoms with Crippen LogP contribution in [0.3, 0.4) is 0 Å². The summed E-state index contributed by atoms with van der Waals surface area (Å²) in [5.41, 5.74) is 0.492. The predicted molar refractivity (Wildman–Crippen MR) is 107 cm³/mol. The van der Waals surface area contributed by atoms with Gasteiger partial charge in [0, 0.05) is 19.6 Å². The molecule has 3 heterocycles. The van der Waals surface area contributed by atoms with E-state index >= 15 is 0 Å². The zero-order valence-corrected chi connectivity index (χ0v) is 16.5. The van der Waals surface area contributed by atoms with Crippen molar-refractivity contribution in [2.75, 3.05) is 31.1 Å². The van der Waals surface area contributed by atoms with Crippen LogP contribution in [0.25, 0.3) is 10.2 Å². The number of thiophene rings is 1. The van der Waals surface area contributed by atoms with Gasteiger partial charge >= 0.3 is 5.97 Å². The maximum atomic E-state index is 12.7. The molecule has 0 radical (unpaired) electrons. The van der Waals surface area contributed by atoms with Gasteiger partial charge in [-0.15, -0.1) is 11.3 Å². The van der Waals surface area contributed by atoms with Crippen molar-refractivity contribution in [1.29, 1.82) is 0 Å². The van der Waals surface area contributed by atoms with Gasteiger partial charge in [0.25, 0.3) is 5.56 Å². The Labute approximate surface area is 162 Å². The van der Waals surface area contributed by atoms with Crippen molar-refractivity contribution in [3.05, 3.63) is 20.8 Å². The molecule has 2 aromatic heterocycles. The van der Waals surface area contributed by atoms with Gasteiger partial charge in [0.1, 0.15) is 15.8 Å². The van der Waals surface area contributed by atoms with Crippen LogP contribution in [-0.2, 0) is 4.74 Å². The van der Waals surface area contributed by atoms with Crippen LogP contribution in [0.5, 0.6) is 0 Å². The van der Waals surface area contributed by atoms with Gasteiger partial charge in [-0.3, -0.25) is 9.78 Å². The molecule has 0 aromatic carbocycles. The fraction of sp³-hybridized carbons (Fsp3) is 0.632. The van der Waals surface area contributed by atoms with E-state index in [1.165, 1.54) is 17.8 Å². The molecule has 0 amide bonds. The average Bonchev–Trinajstić information content (AvgIpc) is 2.84. The molecule has 1 saturated carbocycles. The summed E-state index contributed by atoms with van der Waals surface area (Å²) in [7, 11) is 0. The van der Waals surface area contributed by atoms with Crippen molar-refractivity contribution in [3.63, 3.8) is 0 Å². The van der Waals surface area contributed by atoms with Crippen LogP contribution in [0.1, 0.15) is 53.8 Å². The number of hydrogen-bond donors (Lipinski definition) is 2. The summed E-state index contributed by atoms with van der Waals surface area (Å²) >= 11 is 1.27. The smallest absolute Gasteiger partial charge is 0.348 e. The van der Waals surface area contributed by atoms with Gasteiger partial charge in [-0.2, -0.15) is 0 Å². The Hall–Kier alpha value is -1.93. The molecule has 1 saturated heterocycles. The number of carbonyl (C=O) groups excluding carboxylic acids is 1. The maximum Gasteiger partial charge on any atom is 0.348 e. The topological polar surface area (TPSA) is 87.3 Å². The molecule has 0 atom stereocenters. The third kappa shape index (κ3) is 3.87. The number of fused-ring (bicyclic) bond motifs is 1. The van der Waals surface area contributed by atoms with Crippen LogP contribution < -0.4 is 15.8 Å². The Kier molecular flexibility index (Phi) is 5.45. The fourth-order valence-corrected chi connectivity index (χ4v) is 4.98. The van der Waals surface area contributed by atoms with E-state index in [-0.39, 0.29) is 17.6 Å².